The molecule has 0 saturated carbocycles. The molecule has 1 N–H and O–H groups in total. The molecule has 0 bridgehead atoms. The lowest BCUT2D eigenvalue weighted by molar-refractivity contribution is 0.473. The maximum Gasteiger partial charge on any atom is 0.0419 e. The van der Waals surface area contributed by atoms with Crippen LogP contribution in [0.3, 0.4) is 0 Å². The molecule has 0 aliphatic heterocycles. The van der Waals surface area contributed by atoms with Crippen LogP contribution in [0.5, 0.6) is 0 Å². The quantitative estimate of drug-likeness (QED) is 0.612. The van der Waals surface area contributed by atoms with Crippen molar-refractivity contribution >= 4 is 16.5 Å². The Morgan fingerprint density at radius 2 is 1.67 bits per heavy atom. The molecule has 21 heavy (non-hydrogen) atoms. The zero-order valence-corrected chi connectivity index (χ0v) is 14.2. The lowest BCUT2D eigenvalue weighted by Gasteiger charge is -2.17. The van der Waals surface area contributed by atoms with Crippen molar-refractivity contribution in [2.45, 2.75) is 53.4 Å². The van der Waals surface area contributed by atoms with E-state index in [0.717, 1.165) is 12.5 Å². The number of fused-ring (bicyclic) bond motifs is 1. The van der Waals surface area contributed by atoms with E-state index >= 15 is 0 Å². The predicted octanol–water partition coefficient (Wildman–Crippen LogP) is 6.49. The van der Waals surface area contributed by atoms with Crippen LogP contribution in [0.1, 0.15) is 53.4 Å². The van der Waals surface area contributed by atoms with Gasteiger partial charge in [0, 0.05) is 17.6 Å². The fourth-order valence-electron chi connectivity index (χ4n) is 2.58. The Morgan fingerprint density at radius 3 is 2.38 bits per heavy atom. The number of anilines is 1. The fraction of sp³-hybridized carbons (Fsp3) is 0.500. The van der Waals surface area contributed by atoms with E-state index in [0.29, 0.717) is 0 Å². The smallest absolute Gasteiger partial charge is 0.0419 e. The van der Waals surface area contributed by atoms with E-state index < -0.39 is 0 Å². The van der Waals surface area contributed by atoms with Crippen LogP contribution in [-0.2, 0) is 0 Å². The summed E-state index contributed by atoms with van der Waals surface area (Å²) in [5, 5.41) is 6.29. The molecule has 1 unspecified atom stereocenters. The Kier molecular flexibility index (Phi) is 8.57. The molecular weight excluding hydrogens is 254 g/mol. The molecule has 0 fully saturated rings. The zero-order chi connectivity index (χ0) is 15.5. The van der Waals surface area contributed by atoms with E-state index in [4.69, 9.17) is 0 Å². The van der Waals surface area contributed by atoms with Crippen LogP contribution in [0.15, 0.2) is 42.5 Å². The van der Waals surface area contributed by atoms with Gasteiger partial charge in [-0.15, -0.1) is 0 Å². The normalized spacial score (nSPS) is 11.6. The number of hydrogen-bond donors (Lipinski definition) is 1. The standard InChI is InChI=1S/C18H25N.C2H6/c1-3-5-9-15(4-2)14-19-18-13-8-11-16-10-6-7-12-17(16)18;1-2/h6-8,10-13,15,19H,3-5,9,14H2,1-2H3;1-2H3. The first kappa shape index (κ1) is 17.6. The number of nitrogens with one attached hydrogen (secondary N) is 1. The third kappa shape index (κ3) is 5.41. The summed E-state index contributed by atoms with van der Waals surface area (Å²) in [6.45, 7) is 9.65. The minimum Gasteiger partial charge on any atom is -0.384 e. The second-order valence-electron chi connectivity index (χ2n) is 5.32. The highest BCUT2D eigenvalue weighted by molar-refractivity contribution is 5.93. The Bertz CT molecular complexity index is 499. The maximum atomic E-state index is 3.65. The van der Waals surface area contributed by atoms with Crippen LogP contribution in [0.4, 0.5) is 5.69 Å². The van der Waals surface area contributed by atoms with Gasteiger partial charge in [0.2, 0.25) is 0 Å². The Morgan fingerprint density at radius 1 is 0.952 bits per heavy atom. The molecule has 0 saturated heterocycles. The van der Waals surface area contributed by atoms with E-state index in [2.05, 4.69) is 61.6 Å². The fourth-order valence-corrected chi connectivity index (χ4v) is 2.58. The molecule has 2 rings (SSSR count). The molecule has 0 aromatic heterocycles. The van der Waals surface area contributed by atoms with Crippen molar-refractivity contribution in [1.29, 1.82) is 0 Å². The van der Waals surface area contributed by atoms with Crippen molar-refractivity contribution < 1.29 is 0 Å². The second-order valence-corrected chi connectivity index (χ2v) is 5.32. The van der Waals surface area contributed by atoms with Crippen LogP contribution < -0.4 is 5.32 Å². The number of unbranched alkanes of at least 4 members (excludes halogenated alkanes) is 1. The van der Waals surface area contributed by atoms with Gasteiger partial charge in [-0.2, -0.15) is 0 Å². The van der Waals surface area contributed by atoms with Gasteiger partial charge in [-0.25, -0.2) is 0 Å². The molecule has 0 spiro atoms. The van der Waals surface area contributed by atoms with Gasteiger partial charge in [0.15, 0.2) is 0 Å². The molecule has 2 aromatic carbocycles. The summed E-state index contributed by atoms with van der Waals surface area (Å²) < 4.78 is 0. The summed E-state index contributed by atoms with van der Waals surface area (Å²) in [6.07, 6.45) is 5.24. The molecule has 0 amide bonds. The van der Waals surface area contributed by atoms with Gasteiger partial charge < -0.3 is 5.32 Å². The van der Waals surface area contributed by atoms with E-state index in [-0.39, 0.29) is 0 Å². The lowest BCUT2D eigenvalue weighted by Crippen LogP contribution is -2.13. The molecule has 1 heteroatoms. The molecule has 2 aromatic rings. The largest absolute Gasteiger partial charge is 0.384 e. The number of hydrogen-bond acceptors (Lipinski definition) is 1. The highest BCUT2D eigenvalue weighted by Crippen LogP contribution is 2.24. The summed E-state index contributed by atoms with van der Waals surface area (Å²) in [5.41, 5.74) is 1.27. The van der Waals surface area contributed by atoms with E-state index in [1.807, 2.05) is 13.8 Å². The van der Waals surface area contributed by atoms with Gasteiger partial charge in [0.1, 0.15) is 0 Å². The molecule has 0 radical (unpaired) electrons. The average Bonchev–Trinajstić information content (AvgIpc) is 2.57. The summed E-state index contributed by atoms with van der Waals surface area (Å²) in [4.78, 5) is 0. The van der Waals surface area contributed by atoms with Crippen molar-refractivity contribution in [2.24, 2.45) is 5.92 Å². The summed E-state index contributed by atoms with van der Waals surface area (Å²) in [5.74, 6) is 0.791. The van der Waals surface area contributed by atoms with Crippen LogP contribution >= 0.6 is 0 Å². The topological polar surface area (TPSA) is 12.0 Å². The second kappa shape index (κ2) is 10.3. The minimum atomic E-state index is 0.791. The first-order chi connectivity index (χ1) is 10.3. The van der Waals surface area contributed by atoms with Gasteiger partial charge in [-0.05, 0) is 23.8 Å². The Balaban J connectivity index is 0.00000106. The molecule has 0 heterocycles. The first-order valence-electron chi connectivity index (χ1n) is 8.56. The first-order valence-corrected chi connectivity index (χ1v) is 8.56. The van der Waals surface area contributed by atoms with Crippen molar-refractivity contribution in [3.8, 4) is 0 Å². The van der Waals surface area contributed by atoms with Gasteiger partial charge in [0.05, 0.1) is 0 Å². The molecule has 116 valence electrons. The van der Waals surface area contributed by atoms with E-state index in [1.54, 1.807) is 0 Å². The third-order valence-electron chi connectivity index (χ3n) is 3.91. The molecule has 1 atom stereocenters. The lowest BCUT2D eigenvalue weighted by atomic mass is 9.99. The molecule has 1 nitrogen and oxygen atoms in total. The van der Waals surface area contributed by atoms with E-state index in [1.165, 1.54) is 42.1 Å². The predicted molar refractivity (Wildman–Crippen MR) is 97.1 cm³/mol. The van der Waals surface area contributed by atoms with Gasteiger partial charge >= 0.3 is 0 Å². The van der Waals surface area contributed by atoms with Gasteiger partial charge in [0.25, 0.3) is 0 Å². The van der Waals surface area contributed by atoms with Crippen LogP contribution in [0, 0.1) is 5.92 Å². The van der Waals surface area contributed by atoms with Crippen molar-refractivity contribution in [2.75, 3.05) is 11.9 Å². The zero-order valence-electron chi connectivity index (χ0n) is 14.2. The van der Waals surface area contributed by atoms with Gasteiger partial charge in [-0.3, -0.25) is 0 Å². The number of rotatable bonds is 7. The third-order valence-corrected chi connectivity index (χ3v) is 3.91. The monoisotopic (exact) mass is 285 g/mol. The summed E-state index contributed by atoms with van der Waals surface area (Å²) >= 11 is 0. The van der Waals surface area contributed by atoms with Crippen LogP contribution in [-0.4, -0.2) is 6.54 Å². The highest BCUT2D eigenvalue weighted by Gasteiger charge is 2.06. The molecule has 0 aliphatic rings. The molecule has 0 aliphatic carbocycles. The molecular formula is C20H31N. The highest BCUT2D eigenvalue weighted by atomic mass is 14.9. The summed E-state index contributed by atoms with van der Waals surface area (Å²) in [6, 6.07) is 15.1. The maximum absolute atomic E-state index is 3.65. The SMILES string of the molecule is CC.CCCCC(CC)CNc1cccc2ccccc12. The van der Waals surface area contributed by atoms with Crippen molar-refractivity contribution in [3.63, 3.8) is 0 Å². The van der Waals surface area contributed by atoms with E-state index in [9.17, 15) is 0 Å². The average molecular weight is 285 g/mol. The Hall–Kier alpha value is -1.50. The Labute approximate surface area is 130 Å². The van der Waals surface area contributed by atoms with Crippen molar-refractivity contribution in [3.05, 3.63) is 42.5 Å². The number of benzene rings is 2. The van der Waals surface area contributed by atoms with Crippen molar-refractivity contribution in [1.82, 2.24) is 0 Å². The summed E-state index contributed by atoms with van der Waals surface area (Å²) in [7, 11) is 0. The van der Waals surface area contributed by atoms with Crippen LogP contribution in [0.2, 0.25) is 0 Å². The van der Waals surface area contributed by atoms with Crippen LogP contribution in [0.25, 0.3) is 10.8 Å². The van der Waals surface area contributed by atoms with Gasteiger partial charge in [-0.1, -0.05) is 83.4 Å². The minimum absolute atomic E-state index is 0.791.